The molecule has 3 rings (SSSR count). The molecular weight excluding hydrogens is 380 g/mol. The van der Waals surface area contributed by atoms with Gasteiger partial charge in [-0.2, -0.15) is 0 Å². The molecule has 0 bridgehead atoms. The SMILES string of the molecule is CC(=O)Nc1cccc(Oc2nccnc2C2CCN(C(=O)CCCl)CC2)c1. The molecule has 0 aliphatic carbocycles. The van der Waals surface area contributed by atoms with Gasteiger partial charge >= 0.3 is 0 Å². The molecule has 0 spiro atoms. The summed E-state index contributed by atoms with van der Waals surface area (Å²) in [5.74, 6) is 1.49. The zero-order valence-corrected chi connectivity index (χ0v) is 16.5. The van der Waals surface area contributed by atoms with Crippen molar-refractivity contribution in [2.45, 2.75) is 32.1 Å². The number of aromatic nitrogens is 2. The number of ether oxygens (including phenoxy) is 1. The van der Waals surface area contributed by atoms with Gasteiger partial charge in [-0.25, -0.2) is 4.98 Å². The van der Waals surface area contributed by atoms with Crippen LogP contribution in [0.2, 0.25) is 0 Å². The Hall–Kier alpha value is -2.67. The summed E-state index contributed by atoms with van der Waals surface area (Å²) < 4.78 is 5.97. The first kappa shape index (κ1) is 20.1. The van der Waals surface area contributed by atoms with Gasteiger partial charge in [0.05, 0.1) is 0 Å². The number of alkyl halides is 1. The highest BCUT2D eigenvalue weighted by Gasteiger charge is 2.27. The molecule has 0 saturated carbocycles. The smallest absolute Gasteiger partial charge is 0.241 e. The molecule has 2 heterocycles. The van der Waals surface area contributed by atoms with Crippen LogP contribution in [0.4, 0.5) is 5.69 Å². The van der Waals surface area contributed by atoms with Gasteiger partial charge in [0.1, 0.15) is 11.4 Å². The first-order valence-corrected chi connectivity index (χ1v) is 9.80. The Labute approximate surface area is 169 Å². The van der Waals surface area contributed by atoms with Gasteiger partial charge in [-0.1, -0.05) is 6.07 Å². The summed E-state index contributed by atoms with van der Waals surface area (Å²) in [6.07, 6.45) is 5.22. The Morgan fingerprint density at radius 3 is 2.71 bits per heavy atom. The minimum atomic E-state index is -0.146. The van der Waals surface area contributed by atoms with Gasteiger partial charge in [0.2, 0.25) is 17.7 Å². The molecule has 1 aromatic carbocycles. The lowest BCUT2D eigenvalue weighted by Gasteiger charge is -2.32. The van der Waals surface area contributed by atoms with Crippen molar-refractivity contribution in [3.05, 3.63) is 42.4 Å². The predicted molar refractivity (Wildman–Crippen MR) is 107 cm³/mol. The Bertz CT molecular complexity index is 838. The topological polar surface area (TPSA) is 84.4 Å². The molecule has 8 heteroatoms. The fourth-order valence-corrected chi connectivity index (χ4v) is 3.45. The van der Waals surface area contributed by atoms with E-state index < -0.39 is 0 Å². The number of amides is 2. The second-order valence-electron chi connectivity index (χ2n) is 6.65. The molecule has 1 aliphatic rings. The van der Waals surface area contributed by atoms with Crippen LogP contribution in [0, 0.1) is 0 Å². The van der Waals surface area contributed by atoms with E-state index >= 15 is 0 Å². The zero-order chi connectivity index (χ0) is 19.9. The first-order valence-electron chi connectivity index (χ1n) is 9.27. The molecule has 28 heavy (non-hydrogen) atoms. The number of nitrogens with one attached hydrogen (secondary N) is 1. The van der Waals surface area contributed by atoms with Gasteiger partial charge in [0.15, 0.2) is 0 Å². The normalized spacial score (nSPS) is 14.6. The number of hydrogen-bond donors (Lipinski definition) is 1. The maximum absolute atomic E-state index is 12.0. The molecule has 148 valence electrons. The summed E-state index contributed by atoms with van der Waals surface area (Å²) in [6.45, 7) is 2.81. The van der Waals surface area contributed by atoms with E-state index in [1.807, 2.05) is 4.90 Å². The summed E-state index contributed by atoms with van der Waals surface area (Å²) >= 11 is 5.67. The lowest BCUT2D eigenvalue weighted by Crippen LogP contribution is -2.38. The van der Waals surface area contributed by atoms with Crippen molar-refractivity contribution < 1.29 is 14.3 Å². The van der Waals surface area contributed by atoms with Crippen LogP contribution in [0.1, 0.15) is 37.8 Å². The predicted octanol–water partition coefficient (Wildman–Crippen LogP) is 3.56. The number of nitrogens with zero attached hydrogens (tertiary/aromatic N) is 3. The molecule has 0 atom stereocenters. The quantitative estimate of drug-likeness (QED) is 0.747. The van der Waals surface area contributed by atoms with Crippen molar-refractivity contribution in [1.82, 2.24) is 14.9 Å². The highest BCUT2D eigenvalue weighted by Crippen LogP contribution is 2.34. The number of halogens is 1. The van der Waals surface area contributed by atoms with Crippen LogP contribution in [0.5, 0.6) is 11.6 Å². The Kier molecular flexibility index (Phi) is 6.81. The van der Waals surface area contributed by atoms with E-state index in [4.69, 9.17) is 16.3 Å². The first-order chi connectivity index (χ1) is 13.6. The third-order valence-electron chi connectivity index (χ3n) is 4.60. The van der Waals surface area contributed by atoms with E-state index in [-0.39, 0.29) is 17.7 Å². The van der Waals surface area contributed by atoms with Crippen molar-refractivity contribution in [3.8, 4) is 11.6 Å². The van der Waals surface area contributed by atoms with Crippen LogP contribution in [0.3, 0.4) is 0 Å². The molecule has 1 saturated heterocycles. The molecular formula is C20H23ClN4O3. The Morgan fingerprint density at radius 2 is 2.00 bits per heavy atom. The van der Waals surface area contributed by atoms with Crippen molar-refractivity contribution in [2.24, 2.45) is 0 Å². The second kappa shape index (κ2) is 9.50. The van der Waals surface area contributed by atoms with Gasteiger partial charge in [0, 0.05) is 62.4 Å². The van der Waals surface area contributed by atoms with Crippen LogP contribution in [0.15, 0.2) is 36.7 Å². The van der Waals surface area contributed by atoms with Crippen LogP contribution in [-0.2, 0) is 9.59 Å². The summed E-state index contributed by atoms with van der Waals surface area (Å²) in [4.78, 5) is 34.0. The molecule has 1 fully saturated rings. The number of anilines is 1. The number of carbonyl (C=O) groups excluding carboxylic acids is 2. The van der Waals surface area contributed by atoms with E-state index in [1.165, 1.54) is 6.92 Å². The maximum Gasteiger partial charge on any atom is 0.241 e. The number of hydrogen-bond acceptors (Lipinski definition) is 5. The zero-order valence-electron chi connectivity index (χ0n) is 15.7. The number of piperidine rings is 1. The molecule has 2 amide bonds. The van der Waals surface area contributed by atoms with Gasteiger partial charge < -0.3 is 15.0 Å². The highest BCUT2D eigenvalue weighted by molar-refractivity contribution is 6.18. The lowest BCUT2D eigenvalue weighted by atomic mass is 9.93. The number of likely N-dealkylation sites (tertiary alicyclic amines) is 1. The van der Waals surface area contributed by atoms with Crippen LogP contribution >= 0.6 is 11.6 Å². The van der Waals surface area contributed by atoms with Crippen molar-refractivity contribution in [2.75, 3.05) is 24.3 Å². The summed E-state index contributed by atoms with van der Waals surface area (Å²) in [5, 5.41) is 2.73. The minimum Gasteiger partial charge on any atom is -0.437 e. The largest absolute Gasteiger partial charge is 0.437 e. The summed E-state index contributed by atoms with van der Waals surface area (Å²) in [7, 11) is 0. The Balaban J connectivity index is 1.71. The molecule has 7 nitrogen and oxygen atoms in total. The average molecular weight is 403 g/mol. The number of benzene rings is 1. The van der Waals surface area contributed by atoms with E-state index in [2.05, 4.69) is 15.3 Å². The van der Waals surface area contributed by atoms with Crippen molar-refractivity contribution >= 4 is 29.1 Å². The standard InChI is InChI=1S/C20H23ClN4O3/c1-14(26)24-16-3-2-4-17(13-16)28-20-19(22-9-10-23-20)15-6-11-25(12-7-15)18(27)5-8-21/h2-4,9-10,13,15H,5-8,11-12H2,1H3,(H,24,26). The second-order valence-corrected chi connectivity index (χ2v) is 7.03. The monoisotopic (exact) mass is 402 g/mol. The molecule has 2 aromatic rings. The van der Waals surface area contributed by atoms with E-state index in [0.717, 1.165) is 18.5 Å². The number of rotatable bonds is 6. The van der Waals surface area contributed by atoms with Gasteiger partial charge in [-0.3, -0.25) is 14.6 Å². The third-order valence-corrected chi connectivity index (χ3v) is 4.79. The molecule has 1 aliphatic heterocycles. The summed E-state index contributed by atoms with van der Waals surface area (Å²) in [5.41, 5.74) is 1.44. The fraction of sp³-hybridized carbons (Fsp3) is 0.400. The van der Waals surface area contributed by atoms with Gasteiger partial charge in [-0.15, -0.1) is 11.6 Å². The van der Waals surface area contributed by atoms with Crippen molar-refractivity contribution in [3.63, 3.8) is 0 Å². The number of carbonyl (C=O) groups is 2. The van der Waals surface area contributed by atoms with E-state index in [9.17, 15) is 9.59 Å². The van der Waals surface area contributed by atoms with Crippen LogP contribution in [0.25, 0.3) is 0 Å². The van der Waals surface area contributed by atoms with Crippen molar-refractivity contribution in [1.29, 1.82) is 0 Å². The fourth-order valence-electron chi connectivity index (χ4n) is 3.29. The van der Waals surface area contributed by atoms with E-state index in [1.54, 1.807) is 36.7 Å². The Morgan fingerprint density at radius 1 is 1.25 bits per heavy atom. The summed E-state index contributed by atoms with van der Waals surface area (Å²) in [6, 6.07) is 7.14. The van der Waals surface area contributed by atoms with Crippen LogP contribution < -0.4 is 10.1 Å². The van der Waals surface area contributed by atoms with Gasteiger partial charge in [-0.05, 0) is 25.0 Å². The van der Waals surface area contributed by atoms with E-state index in [0.29, 0.717) is 42.7 Å². The highest BCUT2D eigenvalue weighted by atomic mass is 35.5. The molecule has 0 radical (unpaired) electrons. The van der Waals surface area contributed by atoms with Crippen LogP contribution in [-0.4, -0.2) is 45.7 Å². The molecule has 1 aromatic heterocycles. The lowest BCUT2D eigenvalue weighted by molar-refractivity contribution is -0.131. The molecule has 1 N–H and O–H groups in total. The van der Waals surface area contributed by atoms with Gasteiger partial charge in [0.25, 0.3) is 0 Å². The molecule has 0 unspecified atom stereocenters. The minimum absolute atomic E-state index is 0.0962. The average Bonchev–Trinajstić information content (AvgIpc) is 2.68. The maximum atomic E-state index is 12.0. The third kappa shape index (κ3) is 5.19.